The number of hydrogen-bond donors (Lipinski definition) is 2. The lowest BCUT2D eigenvalue weighted by molar-refractivity contribution is -0.340. The maximum Gasteiger partial charge on any atom is 0.309 e. The van der Waals surface area contributed by atoms with Crippen LogP contribution in [0.15, 0.2) is 0 Å². The van der Waals surface area contributed by atoms with Crippen LogP contribution in [0.25, 0.3) is 0 Å². The van der Waals surface area contributed by atoms with E-state index in [0.717, 1.165) is 0 Å². The Kier molecular flexibility index (Phi) is 10.9. The fraction of sp³-hybridized carbons (Fsp3) is 0.810. The van der Waals surface area contributed by atoms with E-state index in [-0.39, 0.29) is 0 Å². The van der Waals surface area contributed by atoms with Gasteiger partial charge in [-0.05, 0) is 0 Å². The number of carbonyl (C=O) groups is 3. The monoisotopic (exact) mass is 547 g/mol. The molecule has 196 valence electrons. The zero-order valence-electron chi connectivity index (χ0n) is 20.1. The van der Waals surface area contributed by atoms with Crippen LogP contribution in [0.1, 0.15) is 48.5 Å². The Labute approximate surface area is 213 Å². The van der Waals surface area contributed by atoms with Crippen molar-refractivity contribution in [3.63, 3.8) is 0 Å². The quantitative estimate of drug-likeness (QED) is 0.154. The summed E-state index contributed by atoms with van der Waals surface area (Å²) in [5.41, 5.74) is 0. The molecule has 1 fully saturated rings. The Morgan fingerprint density at radius 2 is 1.32 bits per heavy atom. The highest BCUT2D eigenvalue weighted by molar-refractivity contribution is 6.76. The van der Waals surface area contributed by atoms with Crippen LogP contribution in [0.2, 0.25) is 0 Å². The summed E-state index contributed by atoms with van der Waals surface area (Å²) in [6.07, 6.45) is -5.76. The number of nitrogens with one attached hydrogen (secondary N) is 1. The van der Waals surface area contributed by atoms with Gasteiger partial charge >= 0.3 is 17.9 Å². The van der Waals surface area contributed by atoms with Gasteiger partial charge in [0.15, 0.2) is 12.2 Å². The molecule has 0 saturated carbocycles. The highest BCUT2D eigenvalue weighted by Gasteiger charge is 2.60. The molecule has 0 aromatic rings. The van der Waals surface area contributed by atoms with Gasteiger partial charge in [0.2, 0.25) is 12.0 Å². The van der Waals surface area contributed by atoms with Crippen LogP contribution in [-0.2, 0) is 38.1 Å². The van der Waals surface area contributed by atoms with Crippen molar-refractivity contribution in [3.05, 3.63) is 0 Å². The van der Waals surface area contributed by atoms with E-state index in [4.69, 9.17) is 63.9 Å². The van der Waals surface area contributed by atoms with Crippen molar-refractivity contribution in [1.29, 1.82) is 5.41 Å². The molecule has 2 N–H and O–H groups in total. The molecule has 13 heteroatoms. The molecule has 5 atom stereocenters. The number of halogens is 3. The molecule has 0 unspecified atom stereocenters. The van der Waals surface area contributed by atoms with Gasteiger partial charge in [0.05, 0.1) is 24.4 Å². The molecule has 34 heavy (non-hydrogen) atoms. The molecule has 0 bridgehead atoms. The second-order valence-electron chi connectivity index (χ2n) is 8.91. The molecule has 0 aliphatic carbocycles. The van der Waals surface area contributed by atoms with Gasteiger partial charge in [0.1, 0.15) is 6.10 Å². The molecule has 1 heterocycles. The molecule has 1 saturated heterocycles. The number of ether oxygens (including phenoxy) is 5. The lowest BCUT2D eigenvalue weighted by Crippen LogP contribution is -2.68. The number of hydrogen-bond acceptors (Lipinski definition) is 10. The third-order valence-electron chi connectivity index (χ3n) is 4.79. The number of esters is 3. The fourth-order valence-corrected chi connectivity index (χ4v) is 2.96. The lowest BCUT2D eigenvalue weighted by atomic mass is 9.92. The third kappa shape index (κ3) is 7.84. The first-order valence-corrected chi connectivity index (χ1v) is 11.8. The first kappa shape index (κ1) is 30.7. The molecule has 0 amide bonds. The zero-order valence-corrected chi connectivity index (χ0v) is 22.4. The van der Waals surface area contributed by atoms with Gasteiger partial charge in [-0.15, -0.1) is 0 Å². The van der Waals surface area contributed by atoms with Crippen LogP contribution >= 0.6 is 34.8 Å². The lowest BCUT2D eigenvalue weighted by Gasteiger charge is -2.49. The van der Waals surface area contributed by atoms with E-state index in [1.165, 1.54) is 6.92 Å². The summed E-state index contributed by atoms with van der Waals surface area (Å²) in [7, 11) is 0. The molecule has 0 spiro atoms. The summed E-state index contributed by atoms with van der Waals surface area (Å²) in [4.78, 5) is 37.6. The van der Waals surface area contributed by atoms with E-state index in [1.807, 2.05) is 0 Å². The Morgan fingerprint density at radius 1 is 0.912 bits per heavy atom. The van der Waals surface area contributed by atoms with Gasteiger partial charge in [-0.2, -0.15) is 0 Å². The van der Waals surface area contributed by atoms with E-state index in [9.17, 15) is 19.5 Å². The number of rotatable bonds is 8. The summed E-state index contributed by atoms with van der Waals surface area (Å²) in [6, 6.07) is 0. The first-order chi connectivity index (χ1) is 15.4. The summed E-state index contributed by atoms with van der Waals surface area (Å²) < 4.78 is 25.7. The largest absolute Gasteiger partial charge is 0.455 e. The fourth-order valence-electron chi connectivity index (χ4n) is 2.85. The Morgan fingerprint density at radius 3 is 1.71 bits per heavy atom. The average Bonchev–Trinajstić information content (AvgIpc) is 2.70. The summed E-state index contributed by atoms with van der Waals surface area (Å²) in [6.45, 7) is 9.99. The van der Waals surface area contributed by atoms with Gasteiger partial charge < -0.3 is 28.8 Å². The van der Waals surface area contributed by atoms with E-state index >= 15 is 0 Å². The van der Waals surface area contributed by atoms with Gasteiger partial charge in [-0.1, -0.05) is 76.3 Å². The van der Waals surface area contributed by atoms with Crippen molar-refractivity contribution < 1.29 is 43.2 Å². The minimum Gasteiger partial charge on any atom is -0.455 e. The van der Waals surface area contributed by atoms with Gasteiger partial charge in [-0.25, -0.2) is 0 Å². The van der Waals surface area contributed by atoms with E-state index in [1.54, 1.807) is 41.5 Å². The maximum absolute atomic E-state index is 12.6. The summed E-state index contributed by atoms with van der Waals surface area (Å²) >= 11 is 17.2. The second-order valence-corrected chi connectivity index (χ2v) is 11.2. The third-order valence-corrected chi connectivity index (χ3v) is 5.31. The molecule has 0 aromatic carbocycles. The highest BCUT2D eigenvalue weighted by atomic mass is 35.6. The average molecular weight is 549 g/mol. The zero-order chi connectivity index (χ0) is 26.6. The normalized spacial score (nSPS) is 27.5. The smallest absolute Gasteiger partial charge is 0.309 e. The molecule has 10 nitrogen and oxygen atoms in total. The van der Waals surface area contributed by atoms with Crippen LogP contribution < -0.4 is 0 Å². The standard InChI is InChI=1S/C21H32Cl3NO9/c1-9(2)16(27)30-13-12(8-26)33-20(7,34-19(25)21(22,23)24)15(32-18(29)11(5)6)14(13)31-17(28)10(3)4/h9-15,25-26H,8H2,1-7H3/t12-,13-,14+,15-,20-/m1/s1. The minimum atomic E-state index is -2.31. The predicted molar refractivity (Wildman–Crippen MR) is 124 cm³/mol. The van der Waals surface area contributed by atoms with Crippen LogP contribution in [0, 0.1) is 23.2 Å². The van der Waals surface area contributed by atoms with Crippen molar-refractivity contribution in [2.24, 2.45) is 17.8 Å². The van der Waals surface area contributed by atoms with Crippen molar-refractivity contribution in [2.75, 3.05) is 6.61 Å². The molecule has 1 rings (SSSR count). The van der Waals surface area contributed by atoms with E-state index < -0.39 is 82.2 Å². The van der Waals surface area contributed by atoms with Crippen LogP contribution in [-0.4, -0.2) is 69.5 Å². The number of aliphatic hydroxyl groups excluding tert-OH is 1. The van der Waals surface area contributed by atoms with Crippen molar-refractivity contribution in [1.82, 2.24) is 0 Å². The van der Waals surface area contributed by atoms with Gasteiger partial charge in [-0.3, -0.25) is 19.8 Å². The van der Waals surface area contributed by atoms with Crippen LogP contribution in [0.5, 0.6) is 0 Å². The van der Waals surface area contributed by atoms with Gasteiger partial charge in [0, 0.05) is 6.92 Å². The highest BCUT2D eigenvalue weighted by Crippen LogP contribution is 2.39. The minimum absolute atomic E-state index is 0.570. The number of carbonyl (C=O) groups excluding carboxylic acids is 3. The van der Waals surface area contributed by atoms with Gasteiger partial charge in [0.25, 0.3) is 9.58 Å². The van der Waals surface area contributed by atoms with E-state index in [0.29, 0.717) is 0 Å². The topological polar surface area (TPSA) is 141 Å². The molecule has 1 aliphatic rings. The Hall–Kier alpha value is -1.33. The number of alkyl halides is 3. The molecule has 0 aromatic heterocycles. The SMILES string of the molecule is CC(C)C(=O)O[C@H]1[C@H](OC(=O)C(C)C)[C@@H](CO)O[C@](C)(OC(=N)C(Cl)(Cl)Cl)[C@@H]1OC(=O)C(C)C. The maximum atomic E-state index is 12.6. The molecule has 1 aliphatic heterocycles. The first-order valence-electron chi connectivity index (χ1n) is 10.7. The Balaban J connectivity index is 3.63. The molecule has 0 radical (unpaired) electrons. The van der Waals surface area contributed by atoms with Crippen molar-refractivity contribution >= 4 is 58.6 Å². The Bertz CT molecular complexity index is 769. The predicted octanol–water partition coefficient (Wildman–Crippen LogP) is 3.16. The molecular weight excluding hydrogens is 517 g/mol. The summed E-state index contributed by atoms with van der Waals surface area (Å²) in [5.74, 6) is -6.87. The van der Waals surface area contributed by atoms with E-state index in [2.05, 4.69) is 0 Å². The van der Waals surface area contributed by atoms with Crippen LogP contribution in [0.4, 0.5) is 0 Å². The number of aliphatic hydroxyl groups is 1. The second kappa shape index (κ2) is 12.1. The van der Waals surface area contributed by atoms with Crippen LogP contribution in [0.3, 0.4) is 0 Å². The van der Waals surface area contributed by atoms with Crippen molar-refractivity contribution in [3.8, 4) is 0 Å². The van der Waals surface area contributed by atoms with Crippen molar-refractivity contribution in [2.45, 2.75) is 82.5 Å². The summed E-state index contributed by atoms with van der Waals surface area (Å²) in [5, 5.41) is 18.0. The molecular formula is C21H32Cl3NO9.